The zero-order chi connectivity index (χ0) is 16.0. The van der Waals surface area contributed by atoms with Crippen molar-refractivity contribution < 1.29 is 5.11 Å². The summed E-state index contributed by atoms with van der Waals surface area (Å²) in [4.78, 5) is 0. The van der Waals surface area contributed by atoms with Gasteiger partial charge in [-0.15, -0.1) is 0 Å². The highest BCUT2D eigenvalue weighted by Gasteiger charge is 2.23. The minimum Gasteiger partial charge on any atom is -0.392 e. The fourth-order valence-corrected chi connectivity index (χ4v) is 2.58. The second-order valence-electron chi connectivity index (χ2n) is 6.49. The lowest BCUT2D eigenvalue weighted by Crippen LogP contribution is -2.48. The van der Waals surface area contributed by atoms with Crippen molar-refractivity contribution in [1.29, 1.82) is 0 Å². The largest absolute Gasteiger partial charge is 0.392 e. The van der Waals surface area contributed by atoms with Crippen molar-refractivity contribution in [3.05, 3.63) is 71.8 Å². The summed E-state index contributed by atoms with van der Waals surface area (Å²) >= 11 is 0. The number of aliphatic hydroxyl groups excluding tert-OH is 1. The Morgan fingerprint density at radius 1 is 0.909 bits per heavy atom. The van der Waals surface area contributed by atoms with Crippen LogP contribution in [0.25, 0.3) is 0 Å². The molecule has 1 atom stereocenters. The Morgan fingerprint density at radius 3 is 1.77 bits per heavy atom. The first kappa shape index (κ1) is 16.7. The van der Waals surface area contributed by atoms with Crippen LogP contribution in [0.5, 0.6) is 0 Å². The Balaban J connectivity index is 2.10. The van der Waals surface area contributed by atoms with Crippen molar-refractivity contribution in [1.82, 2.24) is 5.32 Å². The fraction of sp³-hybridized carbons (Fsp3) is 0.400. The maximum Gasteiger partial charge on any atom is 0.0688 e. The standard InChI is InChI=1S/C20H27NO/c1-16(22)20(2,3)21-15-14-19(17-10-6-4-7-11-17)18-12-8-5-9-13-18/h4-13,16,19,21-22H,14-15H2,1-3H3. The van der Waals surface area contributed by atoms with E-state index in [4.69, 9.17) is 0 Å². The number of nitrogens with one attached hydrogen (secondary N) is 1. The molecule has 0 aliphatic heterocycles. The van der Waals surface area contributed by atoms with Crippen molar-refractivity contribution in [3.8, 4) is 0 Å². The molecule has 0 bridgehead atoms. The Hall–Kier alpha value is -1.64. The summed E-state index contributed by atoms with van der Waals surface area (Å²) in [6, 6.07) is 21.3. The van der Waals surface area contributed by atoms with Crippen LogP contribution in [-0.2, 0) is 0 Å². The average molecular weight is 297 g/mol. The number of rotatable bonds is 7. The van der Waals surface area contributed by atoms with Crippen molar-refractivity contribution in [2.24, 2.45) is 0 Å². The van der Waals surface area contributed by atoms with Gasteiger partial charge in [0.25, 0.3) is 0 Å². The monoisotopic (exact) mass is 297 g/mol. The van der Waals surface area contributed by atoms with E-state index >= 15 is 0 Å². The molecule has 22 heavy (non-hydrogen) atoms. The second kappa shape index (κ2) is 7.57. The molecular weight excluding hydrogens is 270 g/mol. The van der Waals surface area contributed by atoms with Gasteiger partial charge in [0.05, 0.1) is 6.10 Å². The van der Waals surface area contributed by atoms with Crippen molar-refractivity contribution in [2.45, 2.75) is 44.8 Å². The third-order valence-corrected chi connectivity index (χ3v) is 4.46. The maximum absolute atomic E-state index is 9.82. The molecule has 2 N–H and O–H groups in total. The van der Waals surface area contributed by atoms with Gasteiger partial charge in [-0.25, -0.2) is 0 Å². The van der Waals surface area contributed by atoms with E-state index in [1.54, 1.807) is 0 Å². The van der Waals surface area contributed by atoms with Crippen molar-refractivity contribution in [3.63, 3.8) is 0 Å². The Labute approximate surface area is 134 Å². The van der Waals surface area contributed by atoms with Crippen molar-refractivity contribution in [2.75, 3.05) is 6.54 Å². The predicted molar refractivity (Wildman–Crippen MR) is 93.1 cm³/mol. The summed E-state index contributed by atoms with van der Waals surface area (Å²) < 4.78 is 0. The number of benzene rings is 2. The molecule has 0 aromatic heterocycles. The maximum atomic E-state index is 9.82. The third-order valence-electron chi connectivity index (χ3n) is 4.46. The van der Waals surface area contributed by atoms with E-state index in [1.165, 1.54) is 11.1 Å². The molecule has 1 unspecified atom stereocenters. The lowest BCUT2D eigenvalue weighted by molar-refractivity contribution is 0.0966. The topological polar surface area (TPSA) is 32.3 Å². The van der Waals surface area contributed by atoms with Crippen LogP contribution >= 0.6 is 0 Å². The Morgan fingerprint density at radius 2 is 1.36 bits per heavy atom. The molecule has 2 nitrogen and oxygen atoms in total. The second-order valence-corrected chi connectivity index (χ2v) is 6.49. The lowest BCUT2D eigenvalue weighted by atomic mass is 9.88. The van der Waals surface area contributed by atoms with Gasteiger partial charge in [0.2, 0.25) is 0 Å². The van der Waals surface area contributed by atoms with Crippen molar-refractivity contribution >= 4 is 0 Å². The van der Waals surface area contributed by atoms with Crippen LogP contribution < -0.4 is 5.32 Å². The predicted octanol–water partition coefficient (Wildman–Crippen LogP) is 3.96. The van der Waals surface area contributed by atoms with E-state index in [2.05, 4.69) is 66.0 Å². The van der Waals surface area contributed by atoms with E-state index < -0.39 is 0 Å². The molecule has 2 rings (SSSR count). The fourth-order valence-electron chi connectivity index (χ4n) is 2.58. The summed E-state index contributed by atoms with van der Waals surface area (Å²) in [6.07, 6.45) is 0.629. The van der Waals surface area contributed by atoms with Gasteiger partial charge < -0.3 is 10.4 Å². The van der Waals surface area contributed by atoms with Crippen LogP contribution in [0, 0.1) is 0 Å². The SMILES string of the molecule is CC(O)C(C)(C)NCCC(c1ccccc1)c1ccccc1. The number of aliphatic hydroxyl groups is 1. The highest BCUT2D eigenvalue weighted by molar-refractivity contribution is 5.32. The van der Waals surface area contributed by atoms with Crippen LogP contribution in [0.15, 0.2) is 60.7 Å². The van der Waals surface area contributed by atoms with Gasteiger partial charge in [0.15, 0.2) is 0 Å². The quantitative estimate of drug-likeness (QED) is 0.811. The minimum atomic E-state index is -0.376. The molecule has 0 fully saturated rings. The first-order chi connectivity index (χ1) is 10.5. The van der Waals surface area contributed by atoms with Crippen LogP contribution in [-0.4, -0.2) is 23.3 Å². The smallest absolute Gasteiger partial charge is 0.0688 e. The molecule has 0 amide bonds. The van der Waals surface area contributed by atoms with Gasteiger partial charge >= 0.3 is 0 Å². The summed E-state index contributed by atoms with van der Waals surface area (Å²) in [6.45, 7) is 6.78. The summed E-state index contributed by atoms with van der Waals surface area (Å²) in [7, 11) is 0. The highest BCUT2D eigenvalue weighted by Crippen LogP contribution is 2.27. The number of hydrogen-bond donors (Lipinski definition) is 2. The lowest BCUT2D eigenvalue weighted by Gasteiger charge is -2.30. The van der Waals surface area contributed by atoms with Gasteiger partial charge in [0.1, 0.15) is 0 Å². The molecule has 0 aliphatic carbocycles. The zero-order valence-corrected chi connectivity index (χ0v) is 13.8. The van der Waals surface area contributed by atoms with Crippen LogP contribution in [0.1, 0.15) is 44.2 Å². The molecule has 0 saturated carbocycles. The molecule has 2 heteroatoms. The van der Waals surface area contributed by atoms with Gasteiger partial charge in [-0.05, 0) is 44.9 Å². The number of hydrogen-bond acceptors (Lipinski definition) is 2. The highest BCUT2D eigenvalue weighted by atomic mass is 16.3. The van der Waals surface area contributed by atoms with Crippen LogP contribution in [0.4, 0.5) is 0 Å². The van der Waals surface area contributed by atoms with E-state index in [0.717, 1.165) is 13.0 Å². The molecule has 2 aromatic carbocycles. The zero-order valence-electron chi connectivity index (χ0n) is 13.8. The molecule has 0 heterocycles. The van der Waals surface area contributed by atoms with Gasteiger partial charge in [0, 0.05) is 11.5 Å². The van der Waals surface area contributed by atoms with Gasteiger partial charge in [-0.2, -0.15) is 0 Å². The Kier molecular flexibility index (Phi) is 5.76. The molecule has 0 radical (unpaired) electrons. The van der Waals surface area contributed by atoms with Gasteiger partial charge in [-0.3, -0.25) is 0 Å². The molecule has 2 aromatic rings. The molecular formula is C20H27NO. The average Bonchev–Trinajstić information content (AvgIpc) is 2.53. The molecule has 118 valence electrons. The summed E-state index contributed by atoms with van der Waals surface area (Å²) in [5.41, 5.74) is 2.41. The molecule has 0 spiro atoms. The van der Waals surface area contributed by atoms with Gasteiger partial charge in [-0.1, -0.05) is 60.7 Å². The van der Waals surface area contributed by atoms with E-state index in [1.807, 2.05) is 20.8 Å². The molecule has 0 aliphatic rings. The van der Waals surface area contributed by atoms with Crippen LogP contribution in [0.2, 0.25) is 0 Å². The minimum absolute atomic E-state index is 0.266. The van der Waals surface area contributed by atoms with Crippen LogP contribution in [0.3, 0.4) is 0 Å². The summed E-state index contributed by atoms with van der Waals surface area (Å²) in [5, 5.41) is 13.3. The first-order valence-electron chi connectivity index (χ1n) is 8.03. The summed E-state index contributed by atoms with van der Waals surface area (Å²) in [5.74, 6) is 0.375. The normalized spacial score (nSPS) is 13.3. The molecule has 0 saturated heterocycles. The third kappa shape index (κ3) is 4.43. The van der Waals surface area contributed by atoms with E-state index in [0.29, 0.717) is 5.92 Å². The van der Waals surface area contributed by atoms with E-state index in [9.17, 15) is 5.11 Å². The Bertz CT molecular complexity index is 509. The van der Waals surface area contributed by atoms with E-state index in [-0.39, 0.29) is 11.6 Å². The first-order valence-corrected chi connectivity index (χ1v) is 8.03.